The predicted molar refractivity (Wildman–Crippen MR) is 146 cm³/mol. The van der Waals surface area contributed by atoms with E-state index in [4.69, 9.17) is 14.2 Å². The van der Waals surface area contributed by atoms with Crippen LogP contribution in [0.25, 0.3) is 11.0 Å². The van der Waals surface area contributed by atoms with E-state index in [-0.39, 0.29) is 6.10 Å². The van der Waals surface area contributed by atoms with Gasteiger partial charge in [-0.15, -0.1) is 0 Å². The first-order valence-corrected chi connectivity index (χ1v) is 13.9. The fraction of sp³-hybridized carbons (Fsp3) is 0.571. The van der Waals surface area contributed by atoms with Crippen molar-refractivity contribution in [3.8, 4) is 5.75 Å². The molecule has 0 radical (unpaired) electrons. The van der Waals surface area contributed by atoms with Crippen molar-refractivity contribution in [3.05, 3.63) is 42.5 Å². The highest BCUT2D eigenvalue weighted by atomic mass is 16.5. The maximum Gasteiger partial charge on any atom is 0.222 e. The highest BCUT2D eigenvalue weighted by Crippen LogP contribution is 2.33. The van der Waals surface area contributed by atoms with Gasteiger partial charge in [0, 0.05) is 75.3 Å². The monoisotopic (exact) mass is 519 g/mol. The number of nitrogens with one attached hydrogen (secondary N) is 1. The maximum absolute atomic E-state index is 6.56. The summed E-state index contributed by atoms with van der Waals surface area (Å²) in [5.41, 5.74) is 3.99. The summed E-state index contributed by atoms with van der Waals surface area (Å²) < 4.78 is 17.5. The van der Waals surface area contributed by atoms with Gasteiger partial charge in [-0.1, -0.05) is 0 Å². The normalized spacial score (nSPS) is 22.9. The summed E-state index contributed by atoms with van der Waals surface area (Å²) >= 11 is 0. The van der Waals surface area contributed by atoms with Crippen LogP contribution in [0.2, 0.25) is 0 Å². The van der Waals surface area contributed by atoms with E-state index in [9.17, 15) is 0 Å². The predicted octanol–water partition coefficient (Wildman–Crippen LogP) is 2.93. The molecule has 6 rings (SSSR count). The van der Waals surface area contributed by atoms with Crippen molar-refractivity contribution < 1.29 is 14.2 Å². The number of nitrogens with zero attached hydrogens (tertiary/aromatic N) is 6. The lowest BCUT2D eigenvalue weighted by Crippen LogP contribution is -2.37. The molecule has 1 N–H and O–H groups in total. The molecule has 202 valence electrons. The summed E-state index contributed by atoms with van der Waals surface area (Å²) in [6.07, 6.45) is 12.5. The van der Waals surface area contributed by atoms with Gasteiger partial charge in [0.25, 0.3) is 0 Å². The van der Waals surface area contributed by atoms with Crippen LogP contribution in [0.5, 0.6) is 5.75 Å². The van der Waals surface area contributed by atoms with E-state index in [0.717, 1.165) is 114 Å². The molecule has 2 saturated heterocycles. The Morgan fingerprint density at radius 1 is 0.842 bits per heavy atom. The molecule has 3 aliphatic rings. The van der Waals surface area contributed by atoms with Crippen molar-refractivity contribution in [1.82, 2.24) is 24.8 Å². The summed E-state index contributed by atoms with van der Waals surface area (Å²) in [5, 5.41) is 3.53. The Bertz CT molecular complexity index is 1170. The number of hydrogen-bond donors (Lipinski definition) is 1. The van der Waals surface area contributed by atoms with Gasteiger partial charge in [-0.3, -0.25) is 9.88 Å². The number of hydrogen-bond acceptors (Lipinski definition) is 10. The summed E-state index contributed by atoms with van der Waals surface area (Å²) in [6, 6.07) is 4.58. The summed E-state index contributed by atoms with van der Waals surface area (Å²) in [5.74, 6) is 1.54. The molecule has 1 saturated carbocycles. The Labute approximate surface area is 223 Å². The van der Waals surface area contributed by atoms with Gasteiger partial charge in [0.1, 0.15) is 11.3 Å². The minimum absolute atomic E-state index is 0.154. The molecule has 3 fully saturated rings. The SMILES string of the molecule is c1cnc2c(OC3CCC(Nc4ncc(CCN5CCOCC5)cn4)CC3)cc(N3CCOCC3)cc2n1. The molecule has 4 heterocycles. The Morgan fingerprint density at radius 3 is 2.32 bits per heavy atom. The zero-order valence-corrected chi connectivity index (χ0v) is 21.9. The van der Waals surface area contributed by atoms with E-state index < -0.39 is 0 Å². The first-order valence-electron chi connectivity index (χ1n) is 13.9. The largest absolute Gasteiger partial charge is 0.488 e. The van der Waals surface area contributed by atoms with Gasteiger partial charge in [0.2, 0.25) is 5.95 Å². The first-order chi connectivity index (χ1) is 18.8. The van der Waals surface area contributed by atoms with Crippen molar-refractivity contribution in [3.63, 3.8) is 0 Å². The zero-order valence-electron chi connectivity index (χ0n) is 21.9. The number of morpholine rings is 2. The van der Waals surface area contributed by atoms with Gasteiger partial charge in [-0.2, -0.15) is 0 Å². The van der Waals surface area contributed by atoms with Crippen LogP contribution in [0.15, 0.2) is 36.9 Å². The lowest BCUT2D eigenvalue weighted by molar-refractivity contribution is 0.0384. The summed E-state index contributed by atoms with van der Waals surface area (Å²) in [4.78, 5) is 23.1. The summed E-state index contributed by atoms with van der Waals surface area (Å²) in [7, 11) is 0. The second kappa shape index (κ2) is 12.2. The van der Waals surface area contributed by atoms with Crippen LogP contribution >= 0.6 is 0 Å². The van der Waals surface area contributed by atoms with Gasteiger partial charge < -0.3 is 24.4 Å². The minimum Gasteiger partial charge on any atom is -0.488 e. The third-order valence-corrected chi connectivity index (χ3v) is 7.73. The van der Waals surface area contributed by atoms with Crippen LogP contribution in [0.1, 0.15) is 31.2 Å². The number of ether oxygens (including phenoxy) is 3. The van der Waals surface area contributed by atoms with Gasteiger partial charge in [0.15, 0.2) is 0 Å². The number of rotatable bonds is 8. The standard InChI is InChI=1S/C28H37N7O3/c1-3-24(38-26-18-23(35-11-15-37-16-12-35)17-25-27(26)30-7-6-29-25)4-2-22(1)33-28-31-19-21(20-32-28)5-8-34-9-13-36-14-10-34/h6-7,17-20,22,24H,1-5,8-16H2,(H,31,32,33). The molecular formula is C28H37N7O3. The van der Waals surface area contributed by atoms with Crippen LogP contribution in [0.4, 0.5) is 11.6 Å². The molecule has 0 atom stereocenters. The van der Waals surface area contributed by atoms with Crippen molar-refractivity contribution in [2.75, 3.05) is 69.4 Å². The second-order valence-corrected chi connectivity index (χ2v) is 10.3. The molecule has 0 amide bonds. The topological polar surface area (TPSA) is 97.8 Å². The van der Waals surface area contributed by atoms with Crippen molar-refractivity contribution in [1.29, 1.82) is 0 Å². The average molecular weight is 520 g/mol. The Hall–Kier alpha value is -3.08. The Balaban J connectivity index is 1.02. The van der Waals surface area contributed by atoms with E-state index in [1.807, 2.05) is 12.4 Å². The van der Waals surface area contributed by atoms with Gasteiger partial charge >= 0.3 is 0 Å². The molecule has 0 unspecified atom stereocenters. The van der Waals surface area contributed by atoms with Crippen LogP contribution in [-0.4, -0.2) is 96.1 Å². The summed E-state index contributed by atoms with van der Waals surface area (Å²) in [6.45, 7) is 7.94. The third kappa shape index (κ3) is 6.31. The third-order valence-electron chi connectivity index (χ3n) is 7.73. The molecule has 10 heteroatoms. The molecule has 2 aromatic heterocycles. The number of aromatic nitrogens is 4. The molecule has 0 bridgehead atoms. The smallest absolute Gasteiger partial charge is 0.222 e. The minimum atomic E-state index is 0.154. The van der Waals surface area contributed by atoms with Crippen molar-refractivity contribution in [2.24, 2.45) is 0 Å². The Kier molecular flexibility index (Phi) is 8.09. The quantitative estimate of drug-likeness (QED) is 0.478. The van der Waals surface area contributed by atoms with E-state index in [1.165, 1.54) is 5.56 Å². The fourth-order valence-corrected chi connectivity index (χ4v) is 5.48. The lowest BCUT2D eigenvalue weighted by Gasteiger charge is -2.31. The van der Waals surface area contributed by atoms with Gasteiger partial charge in [-0.05, 0) is 43.7 Å². The lowest BCUT2D eigenvalue weighted by atomic mass is 9.93. The van der Waals surface area contributed by atoms with E-state index >= 15 is 0 Å². The zero-order chi connectivity index (χ0) is 25.6. The molecule has 1 aromatic carbocycles. The van der Waals surface area contributed by atoms with Crippen LogP contribution < -0.4 is 15.0 Å². The molecule has 38 heavy (non-hydrogen) atoms. The van der Waals surface area contributed by atoms with E-state index in [2.05, 4.69) is 47.2 Å². The van der Waals surface area contributed by atoms with Crippen molar-refractivity contribution >= 4 is 22.7 Å². The van der Waals surface area contributed by atoms with Crippen LogP contribution in [0, 0.1) is 0 Å². The highest BCUT2D eigenvalue weighted by Gasteiger charge is 2.25. The molecule has 3 aromatic rings. The second-order valence-electron chi connectivity index (χ2n) is 10.3. The highest BCUT2D eigenvalue weighted by molar-refractivity contribution is 5.85. The number of anilines is 2. The number of fused-ring (bicyclic) bond motifs is 1. The first kappa shape index (κ1) is 25.2. The van der Waals surface area contributed by atoms with Gasteiger partial charge in [-0.25, -0.2) is 15.0 Å². The van der Waals surface area contributed by atoms with Gasteiger partial charge in [0.05, 0.1) is 38.0 Å². The fourth-order valence-electron chi connectivity index (χ4n) is 5.48. The average Bonchev–Trinajstić information content (AvgIpc) is 2.99. The maximum atomic E-state index is 6.56. The Morgan fingerprint density at radius 2 is 1.55 bits per heavy atom. The van der Waals surface area contributed by atoms with E-state index in [1.54, 1.807) is 12.4 Å². The van der Waals surface area contributed by atoms with Crippen molar-refractivity contribution in [2.45, 2.75) is 44.2 Å². The number of benzene rings is 1. The van der Waals surface area contributed by atoms with Crippen LogP contribution in [-0.2, 0) is 15.9 Å². The molecule has 10 nitrogen and oxygen atoms in total. The van der Waals surface area contributed by atoms with Crippen LogP contribution in [0.3, 0.4) is 0 Å². The molecular weight excluding hydrogens is 482 g/mol. The molecule has 1 aliphatic carbocycles. The molecule has 2 aliphatic heterocycles. The molecule has 0 spiro atoms. The van der Waals surface area contributed by atoms with E-state index in [0.29, 0.717) is 12.0 Å².